The number of carboxylic acids is 1. The van der Waals surface area contributed by atoms with Gasteiger partial charge >= 0.3 is 5.97 Å². The summed E-state index contributed by atoms with van der Waals surface area (Å²) in [7, 11) is -9.85. The topological polar surface area (TPSA) is 305 Å². The van der Waals surface area contributed by atoms with Crippen LogP contribution in [0.5, 0.6) is 11.5 Å². The van der Waals surface area contributed by atoms with Gasteiger partial charge in [-0.15, -0.1) is 15.3 Å². The first-order chi connectivity index (χ1) is 20.0. The van der Waals surface area contributed by atoms with E-state index in [9.17, 15) is 56.2 Å². The van der Waals surface area contributed by atoms with Crippen LogP contribution in [-0.2, 0) is 20.2 Å². The van der Waals surface area contributed by atoms with Crippen LogP contribution in [0.25, 0.3) is 10.8 Å². The summed E-state index contributed by atoms with van der Waals surface area (Å²) in [6, 6.07) is 8.79. The maximum Gasteiger partial charge on any atom is 0.342 e. The third kappa shape index (κ3) is 6.20. The summed E-state index contributed by atoms with van der Waals surface area (Å²) in [5, 5.41) is 56.1. The quantitative estimate of drug-likeness (QED) is 0.0502. The smallest absolute Gasteiger partial charge is 0.342 e. The van der Waals surface area contributed by atoms with E-state index >= 15 is 0 Å². The second-order valence-electron chi connectivity index (χ2n) is 8.44. The normalized spacial score (nSPS) is 12.3. The largest absolute Gasteiger partial charge is 0.505 e. The minimum Gasteiger partial charge on any atom is -0.505 e. The van der Waals surface area contributed by atoms with Crippen molar-refractivity contribution in [2.75, 3.05) is 5.73 Å². The molecule has 0 bridgehead atoms. The molecule has 18 nitrogen and oxygen atoms in total. The van der Waals surface area contributed by atoms with Gasteiger partial charge in [-0.3, -0.25) is 19.2 Å². The first kappa shape index (κ1) is 30.4. The molecule has 222 valence electrons. The lowest BCUT2D eigenvalue weighted by Crippen LogP contribution is -2.02. The summed E-state index contributed by atoms with van der Waals surface area (Å²) in [5.41, 5.74) is 2.10. The number of aromatic hydroxyl groups is 2. The van der Waals surface area contributed by atoms with Gasteiger partial charge in [0.15, 0.2) is 11.5 Å². The lowest BCUT2D eigenvalue weighted by atomic mass is 10.1. The van der Waals surface area contributed by atoms with Gasteiger partial charge in [0.05, 0.1) is 16.0 Å². The van der Waals surface area contributed by atoms with Gasteiger partial charge in [0.2, 0.25) is 0 Å². The molecule has 0 aromatic heterocycles. The number of hydrogen-bond donors (Lipinski definition) is 6. The average Bonchev–Trinajstić information content (AvgIpc) is 2.90. The molecule has 0 amide bonds. The highest BCUT2D eigenvalue weighted by Gasteiger charge is 2.25. The number of carboxylic acid groups (broad SMARTS) is 1. The molecule has 0 radical (unpaired) electrons. The van der Waals surface area contributed by atoms with Gasteiger partial charge in [0.25, 0.3) is 25.9 Å². The lowest BCUT2D eigenvalue weighted by molar-refractivity contribution is -0.385. The number of nitrogens with two attached hydrogens (primary N) is 1. The Balaban J connectivity index is 1.89. The number of phenolic OH excluding ortho intramolecular Hbond substituents is 2. The Bertz CT molecular complexity index is 2130. The van der Waals surface area contributed by atoms with Crippen molar-refractivity contribution >= 4 is 71.1 Å². The van der Waals surface area contributed by atoms with Gasteiger partial charge in [0, 0.05) is 11.8 Å². The molecule has 0 fully saturated rings. The first-order valence-corrected chi connectivity index (χ1v) is 14.1. The second-order valence-corrected chi connectivity index (χ2v) is 11.2. The van der Waals surface area contributed by atoms with Crippen molar-refractivity contribution in [1.29, 1.82) is 0 Å². The van der Waals surface area contributed by atoms with Gasteiger partial charge < -0.3 is 21.1 Å². The molecule has 4 aromatic carbocycles. The zero-order chi connectivity index (χ0) is 31.9. The Labute approximate surface area is 239 Å². The first-order valence-electron chi connectivity index (χ1n) is 11.2. The van der Waals surface area contributed by atoms with E-state index in [2.05, 4.69) is 20.5 Å². The van der Waals surface area contributed by atoms with Crippen LogP contribution in [-0.4, -0.2) is 52.2 Å². The molecule has 20 heteroatoms. The predicted molar refractivity (Wildman–Crippen MR) is 146 cm³/mol. The highest BCUT2D eigenvalue weighted by atomic mass is 32.2. The minimum atomic E-state index is -5.10. The van der Waals surface area contributed by atoms with Crippen molar-refractivity contribution in [3.63, 3.8) is 0 Å². The fraction of sp³-hybridized carbons (Fsp3) is 0. The molecule has 0 unspecified atom stereocenters. The number of nitro groups is 1. The molecule has 0 aliphatic rings. The van der Waals surface area contributed by atoms with Crippen LogP contribution < -0.4 is 5.73 Å². The van der Waals surface area contributed by atoms with Crippen LogP contribution in [0.3, 0.4) is 0 Å². The van der Waals surface area contributed by atoms with Crippen molar-refractivity contribution in [1.82, 2.24) is 0 Å². The van der Waals surface area contributed by atoms with E-state index in [1.54, 1.807) is 0 Å². The van der Waals surface area contributed by atoms with Crippen LogP contribution in [0, 0.1) is 10.1 Å². The molecule has 0 spiro atoms. The molecule has 4 rings (SSSR count). The highest BCUT2D eigenvalue weighted by molar-refractivity contribution is 7.86. The van der Waals surface area contributed by atoms with Crippen molar-refractivity contribution < 1.29 is 51.0 Å². The molecule has 0 heterocycles. The zero-order valence-electron chi connectivity index (χ0n) is 20.9. The van der Waals surface area contributed by atoms with E-state index in [0.717, 1.165) is 48.5 Å². The SMILES string of the molecule is Nc1ccc(S(=O)(=O)O)c(/N=N/c2ccc3cc(S(=O)(=O)O)c(/N=N/c4ccc([N+](=O)[O-])c(C(=O)O)c4)c(O)c3c2O)c1. The number of azo groups is 2. The van der Waals surface area contributed by atoms with Crippen LogP contribution >= 0.6 is 0 Å². The van der Waals surface area contributed by atoms with E-state index in [4.69, 9.17) is 5.73 Å². The molecule has 0 aliphatic carbocycles. The minimum absolute atomic E-state index is 0.0537. The predicted octanol–water partition coefficient (Wildman–Crippen LogP) is 4.76. The Hall–Kier alpha value is -5.57. The molecule has 0 aliphatic heterocycles. The average molecular weight is 633 g/mol. The van der Waals surface area contributed by atoms with Crippen LogP contribution in [0.15, 0.2) is 84.8 Å². The molecule has 0 saturated carbocycles. The van der Waals surface area contributed by atoms with Crippen LogP contribution in [0.4, 0.5) is 34.1 Å². The van der Waals surface area contributed by atoms with Crippen LogP contribution in [0.2, 0.25) is 0 Å². The lowest BCUT2D eigenvalue weighted by Gasteiger charge is -2.11. The molecule has 0 saturated heterocycles. The number of hydrogen-bond acceptors (Lipinski definition) is 14. The van der Waals surface area contributed by atoms with Gasteiger partial charge in [-0.2, -0.15) is 21.9 Å². The van der Waals surface area contributed by atoms with Crippen molar-refractivity contribution in [2.24, 2.45) is 20.5 Å². The van der Waals surface area contributed by atoms with E-state index in [1.165, 1.54) is 6.07 Å². The van der Waals surface area contributed by atoms with Gasteiger partial charge in [-0.1, -0.05) is 6.07 Å². The number of carbonyl (C=O) groups is 1. The summed E-state index contributed by atoms with van der Waals surface area (Å²) in [4.78, 5) is 19.9. The number of rotatable bonds is 8. The Morgan fingerprint density at radius 3 is 2.05 bits per heavy atom. The fourth-order valence-corrected chi connectivity index (χ4v) is 5.01. The third-order valence-electron chi connectivity index (χ3n) is 5.65. The highest BCUT2D eigenvalue weighted by Crippen LogP contribution is 2.48. The van der Waals surface area contributed by atoms with E-state index in [1.807, 2.05) is 0 Å². The number of anilines is 1. The third-order valence-corrected chi connectivity index (χ3v) is 7.41. The molecular formula is C23H16N6O12S2. The van der Waals surface area contributed by atoms with Crippen molar-refractivity contribution in [3.8, 4) is 11.5 Å². The molecule has 0 atom stereocenters. The van der Waals surface area contributed by atoms with E-state index in [-0.39, 0.29) is 16.8 Å². The summed E-state index contributed by atoms with van der Waals surface area (Å²) in [6.45, 7) is 0. The maximum atomic E-state index is 12.1. The number of nitro benzene ring substituents is 1. The van der Waals surface area contributed by atoms with E-state index in [0.29, 0.717) is 0 Å². The monoisotopic (exact) mass is 632 g/mol. The van der Waals surface area contributed by atoms with Gasteiger partial charge in [-0.05, 0) is 47.9 Å². The van der Waals surface area contributed by atoms with Crippen molar-refractivity contribution in [2.45, 2.75) is 9.79 Å². The number of aromatic carboxylic acids is 1. The van der Waals surface area contributed by atoms with E-state index < -0.39 is 86.1 Å². The number of benzene rings is 4. The number of phenols is 2. The zero-order valence-corrected chi connectivity index (χ0v) is 22.6. The maximum absolute atomic E-state index is 12.1. The number of nitrogens with zero attached hydrogens (tertiary/aromatic N) is 5. The van der Waals surface area contributed by atoms with Crippen LogP contribution in [0.1, 0.15) is 10.4 Å². The Kier molecular flexibility index (Phi) is 7.79. The Morgan fingerprint density at radius 1 is 0.791 bits per heavy atom. The Morgan fingerprint density at radius 2 is 1.44 bits per heavy atom. The fourth-order valence-electron chi connectivity index (χ4n) is 3.75. The van der Waals surface area contributed by atoms with Gasteiger partial charge in [0.1, 0.15) is 32.4 Å². The molecule has 7 N–H and O–H groups in total. The molecule has 43 heavy (non-hydrogen) atoms. The number of nitrogen functional groups attached to an aromatic ring is 1. The van der Waals surface area contributed by atoms with Crippen molar-refractivity contribution in [3.05, 3.63) is 70.3 Å². The molecule has 4 aromatic rings. The molecular weight excluding hydrogens is 616 g/mol. The summed E-state index contributed by atoms with van der Waals surface area (Å²) < 4.78 is 66.7. The standard InChI is InChI=1S/C23H16N6O12S2/c24-11-2-6-17(42(36,37)38)15(8-11)27-26-14-4-1-10-7-18(43(39,40)41)20(22(31)19(10)21(14)30)28-25-12-3-5-16(29(34)35)13(9-12)23(32)33/h1-9,30-31H,24H2,(H,32,33)(H,36,37,38)(H,39,40,41)/b27-26+,28-25+. The summed E-state index contributed by atoms with van der Waals surface area (Å²) in [6.07, 6.45) is 0. The second kappa shape index (κ2) is 11.0. The number of fused-ring (bicyclic) bond motifs is 1. The summed E-state index contributed by atoms with van der Waals surface area (Å²) >= 11 is 0. The van der Waals surface area contributed by atoms with Gasteiger partial charge in [-0.25, -0.2) is 4.79 Å². The summed E-state index contributed by atoms with van der Waals surface area (Å²) in [5.74, 6) is -3.55.